The monoisotopic (exact) mass is 292 g/mol. The van der Waals surface area contributed by atoms with Gasteiger partial charge in [-0.1, -0.05) is 25.5 Å². The number of amides is 1. The van der Waals surface area contributed by atoms with E-state index in [2.05, 4.69) is 5.32 Å². The zero-order valence-electron chi connectivity index (χ0n) is 12.0. The molecule has 2 N–H and O–H groups in total. The van der Waals surface area contributed by atoms with Crippen LogP contribution in [0.3, 0.4) is 0 Å². The van der Waals surface area contributed by atoms with Crippen LogP contribution >= 0.6 is 0 Å². The van der Waals surface area contributed by atoms with Gasteiger partial charge < -0.3 is 10.4 Å². The predicted molar refractivity (Wildman–Crippen MR) is 77.8 cm³/mol. The molecule has 6 nitrogen and oxygen atoms in total. The zero-order valence-corrected chi connectivity index (χ0v) is 12.0. The van der Waals surface area contributed by atoms with Gasteiger partial charge in [-0.25, -0.2) is 0 Å². The summed E-state index contributed by atoms with van der Waals surface area (Å²) in [6.07, 6.45) is 2.85. The second kappa shape index (κ2) is 6.22. The highest BCUT2D eigenvalue weighted by atomic mass is 16.6. The van der Waals surface area contributed by atoms with Gasteiger partial charge >= 0.3 is 0 Å². The van der Waals surface area contributed by atoms with Crippen LogP contribution in [0.1, 0.15) is 31.7 Å². The molecule has 1 saturated carbocycles. The highest BCUT2D eigenvalue weighted by Gasteiger charge is 2.38. The average molecular weight is 292 g/mol. The van der Waals surface area contributed by atoms with Crippen LogP contribution in [0, 0.1) is 15.5 Å². The van der Waals surface area contributed by atoms with Crippen molar-refractivity contribution in [1.29, 1.82) is 0 Å². The molecule has 1 aromatic rings. The quantitative estimate of drug-likeness (QED) is 0.639. The molecular weight excluding hydrogens is 272 g/mol. The maximum atomic E-state index is 12.1. The second-order valence-electron chi connectivity index (χ2n) is 5.93. The van der Waals surface area contributed by atoms with E-state index in [0.29, 0.717) is 5.56 Å². The van der Waals surface area contributed by atoms with E-state index in [9.17, 15) is 20.0 Å². The minimum absolute atomic E-state index is 0.0126. The molecule has 1 aliphatic carbocycles. The number of hydrogen-bond acceptors (Lipinski definition) is 4. The lowest BCUT2D eigenvalue weighted by atomic mass is 9.85. The van der Waals surface area contributed by atoms with E-state index in [1.165, 1.54) is 12.1 Å². The van der Waals surface area contributed by atoms with Crippen molar-refractivity contribution in [2.24, 2.45) is 5.41 Å². The number of nitro benzene ring substituents is 1. The van der Waals surface area contributed by atoms with Crippen molar-refractivity contribution >= 4 is 11.6 Å². The van der Waals surface area contributed by atoms with Crippen molar-refractivity contribution in [3.05, 3.63) is 39.9 Å². The fourth-order valence-corrected chi connectivity index (χ4v) is 2.88. The normalized spacial score (nSPS) is 24.8. The molecule has 114 valence electrons. The molecule has 1 aromatic carbocycles. The van der Waals surface area contributed by atoms with E-state index in [0.717, 1.165) is 19.3 Å². The number of hydrogen-bond donors (Lipinski definition) is 2. The molecule has 1 aliphatic rings. The summed E-state index contributed by atoms with van der Waals surface area (Å²) in [7, 11) is 0. The van der Waals surface area contributed by atoms with Crippen LogP contribution in [0.25, 0.3) is 0 Å². The van der Waals surface area contributed by atoms with E-state index in [1.807, 2.05) is 6.92 Å². The maximum absolute atomic E-state index is 12.1. The molecule has 0 spiro atoms. The van der Waals surface area contributed by atoms with Crippen LogP contribution in [0.2, 0.25) is 0 Å². The highest BCUT2D eigenvalue weighted by molar-refractivity contribution is 5.79. The van der Waals surface area contributed by atoms with Gasteiger partial charge in [0.25, 0.3) is 5.69 Å². The molecule has 0 aromatic heterocycles. The van der Waals surface area contributed by atoms with E-state index in [-0.39, 0.29) is 36.1 Å². The Labute approximate surface area is 123 Å². The fraction of sp³-hybridized carbons (Fsp3) is 0.533. The van der Waals surface area contributed by atoms with Gasteiger partial charge in [-0.3, -0.25) is 14.9 Å². The Morgan fingerprint density at radius 3 is 3.00 bits per heavy atom. The van der Waals surface area contributed by atoms with Crippen molar-refractivity contribution in [3.63, 3.8) is 0 Å². The number of benzene rings is 1. The van der Waals surface area contributed by atoms with Crippen molar-refractivity contribution in [2.75, 3.05) is 6.61 Å². The van der Waals surface area contributed by atoms with Crippen LogP contribution in [0.5, 0.6) is 0 Å². The Balaban J connectivity index is 1.99. The summed E-state index contributed by atoms with van der Waals surface area (Å²) in [4.78, 5) is 22.3. The predicted octanol–water partition coefficient (Wildman–Crippen LogP) is 1.80. The topological polar surface area (TPSA) is 92.5 Å². The van der Waals surface area contributed by atoms with Crippen molar-refractivity contribution in [1.82, 2.24) is 5.32 Å². The highest BCUT2D eigenvalue weighted by Crippen LogP contribution is 2.37. The molecule has 1 fully saturated rings. The van der Waals surface area contributed by atoms with Gasteiger partial charge in [-0.2, -0.15) is 0 Å². The lowest BCUT2D eigenvalue weighted by Crippen LogP contribution is -2.45. The maximum Gasteiger partial charge on any atom is 0.269 e. The third-order valence-corrected chi connectivity index (χ3v) is 4.26. The Hall–Kier alpha value is -1.95. The van der Waals surface area contributed by atoms with Crippen molar-refractivity contribution < 1.29 is 14.8 Å². The van der Waals surface area contributed by atoms with Gasteiger partial charge in [-0.05, 0) is 18.4 Å². The van der Waals surface area contributed by atoms with Crippen molar-refractivity contribution in [2.45, 2.75) is 38.6 Å². The van der Waals surface area contributed by atoms with E-state index < -0.39 is 4.92 Å². The first kappa shape index (κ1) is 15.4. The van der Waals surface area contributed by atoms with Crippen molar-refractivity contribution in [3.8, 4) is 0 Å². The van der Waals surface area contributed by atoms with Crippen LogP contribution in [0.15, 0.2) is 24.3 Å². The van der Waals surface area contributed by atoms with E-state index in [1.54, 1.807) is 12.1 Å². The van der Waals surface area contributed by atoms with Gasteiger partial charge in [-0.15, -0.1) is 0 Å². The van der Waals surface area contributed by atoms with Gasteiger partial charge in [0.1, 0.15) is 0 Å². The van der Waals surface area contributed by atoms with Crippen LogP contribution in [-0.2, 0) is 11.2 Å². The number of aliphatic hydroxyl groups excluding tert-OH is 1. The fourth-order valence-electron chi connectivity index (χ4n) is 2.88. The minimum Gasteiger partial charge on any atom is -0.396 e. The first-order valence-electron chi connectivity index (χ1n) is 7.08. The Morgan fingerprint density at radius 1 is 1.57 bits per heavy atom. The third-order valence-electron chi connectivity index (χ3n) is 4.26. The number of aliphatic hydroxyl groups is 1. The number of carbonyl (C=O) groups is 1. The molecule has 21 heavy (non-hydrogen) atoms. The van der Waals surface area contributed by atoms with E-state index >= 15 is 0 Å². The smallest absolute Gasteiger partial charge is 0.269 e. The summed E-state index contributed by atoms with van der Waals surface area (Å²) >= 11 is 0. The summed E-state index contributed by atoms with van der Waals surface area (Å²) < 4.78 is 0. The molecule has 0 heterocycles. The Bertz CT molecular complexity index is 546. The first-order valence-corrected chi connectivity index (χ1v) is 7.08. The Kier molecular flexibility index (Phi) is 4.57. The molecule has 6 heteroatoms. The molecule has 0 radical (unpaired) electrons. The lowest BCUT2D eigenvalue weighted by molar-refractivity contribution is -0.384. The lowest BCUT2D eigenvalue weighted by Gasteiger charge is -2.30. The molecular formula is C15H20N2O4. The third kappa shape index (κ3) is 3.58. The number of nitrogens with zero attached hydrogens (tertiary/aromatic N) is 1. The van der Waals surface area contributed by atoms with Crippen LogP contribution in [-0.4, -0.2) is 28.6 Å². The molecule has 2 atom stereocenters. The van der Waals surface area contributed by atoms with Gasteiger partial charge in [0, 0.05) is 23.6 Å². The average Bonchev–Trinajstić information content (AvgIpc) is 2.81. The summed E-state index contributed by atoms with van der Waals surface area (Å²) in [5.41, 5.74) is 0.338. The summed E-state index contributed by atoms with van der Waals surface area (Å²) in [6.45, 7) is 2.02. The number of rotatable bonds is 5. The molecule has 0 aliphatic heterocycles. The number of non-ortho nitro benzene ring substituents is 1. The summed E-state index contributed by atoms with van der Waals surface area (Å²) in [6, 6.07) is 6.06. The SMILES string of the molecule is C[C@]1(CO)CCC[C@@H]1NC(=O)Cc1cccc([N+](=O)[O-])c1. The first-order chi connectivity index (χ1) is 9.94. The number of nitrogens with one attached hydrogen (secondary N) is 1. The van der Waals surface area contributed by atoms with Crippen LogP contribution < -0.4 is 5.32 Å². The van der Waals surface area contributed by atoms with Gasteiger partial charge in [0.05, 0.1) is 18.0 Å². The minimum atomic E-state index is -0.471. The zero-order chi connectivity index (χ0) is 15.5. The number of nitro groups is 1. The summed E-state index contributed by atoms with van der Waals surface area (Å²) in [5, 5.41) is 23.1. The molecule has 0 bridgehead atoms. The largest absolute Gasteiger partial charge is 0.396 e. The molecule has 2 rings (SSSR count). The second-order valence-corrected chi connectivity index (χ2v) is 5.93. The van der Waals surface area contributed by atoms with Gasteiger partial charge in [0.15, 0.2) is 0 Å². The van der Waals surface area contributed by atoms with Crippen LogP contribution in [0.4, 0.5) is 5.69 Å². The standard InChI is InChI=1S/C15H20N2O4/c1-15(10-18)7-3-6-13(15)16-14(19)9-11-4-2-5-12(8-11)17(20)21/h2,4-5,8,13,18H,3,6-7,9-10H2,1H3,(H,16,19)/t13-,15+/m0/s1. The summed E-state index contributed by atoms with van der Waals surface area (Å²) in [5.74, 6) is -0.165. The van der Waals surface area contributed by atoms with Gasteiger partial charge in [0.2, 0.25) is 5.91 Å². The molecule has 0 saturated heterocycles. The number of carbonyl (C=O) groups excluding carboxylic acids is 1. The Morgan fingerprint density at radius 2 is 2.33 bits per heavy atom. The van der Waals surface area contributed by atoms with E-state index in [4.69, 9.17) is 0 Å². The molecule has 0 unspecified atom stereocenters. The molecule has 1 amide bonds.